The summed E-state index contributed by atoms with van der Waals surface area (Å²) in [5.41, 5.74) is 2.61. The summed E-state index contributed by atoms with van der Waals surface area (Å²) in [7, 11) is 1.69. The van der Waals surface area contributed by atoms with Crippen LogP contribution in [0.25, 0.3) is 0 Å². The third kappa shape index (κ3) is 3.79. The first-order valence-electron chi connectivity index (χ1n) is 5.73. The van der Waals surface area contributed by atoms with Crippen LogP contribution in [0.1, 0.15) is 15.3 Å². The summed E-state index contributed by atoms with van der Waals surface area (Å²) in [6, 6.07) is 18.7. The topological polar surface area (TPSA) is 9.23 Å². The van der Waals surface area contributed by atoms with E-state index in [1.165, 1.54) is 11.1 Å². The first kappa shape index (κ1) is 13.5. The Bertz CT molecular complexity index is 470. The Labute approximate surface area is 121 Å². The van der Waals surface area contributed by atoms with Crippen molar-refractivity contribution in [1.29, 1.82) is 0 Å². The maximum atomic E-state index is 5.15. The van der Waals surface area contributed by atoms with Gasteiger partial charge in [-0.25, -0.2) is 0 Å². The highest BCUT2D eigenvalue weighted by molar-refractivity contribution is 9.11. The minimum atomic E-state index is 0.334. The molecule has 0 saturated carbocycles. The van der Waals surface area contributed by atoms with Gasteiger partial charge in [-0.15, -0.1) is 11.8 Å². The summed E-state index contributed by atoms with van der Waals surface area (Å²) in [5, 5.41) is 0. The van der Waals surface area contributed by atoms with E-state index < -0.39 is 0 Å². The van der Waals surface area contributed by atoms with E-state index in [0.29, 0.717) is 4.16 Å². The highest BCUT2D eigenvalue weighted by Crippen LogP contribution is 2.36. The van der Waals surface area contributed by atoms with Gasteiger partial charge in [-0.1, -0.05) is 58.4 Å². The fourth-order valence-corrected chi connectivity index (χ4v) is 3.17. The van der Waals surface area contributed by atoms with Crippen LogP contribution >= 0.6 is 27.7 Å². The van der Waals surface area contributed by atoms with E-state index in [-0.39, 0.29) is 0 Å². The second-order valence-electron chi connectivity index (χ2n) is 3.89. The van der Waals surface area contributed by atoms with Crippen molar-refractivity contribution < 1.29 is 4.74 Å². The molecule has 94 valence electrons. The Balaban J connectivity index is 1.91. The van der Waals surface area contributed by atoms with E-state index >= 15 is 0 Å². The van der Waals surface area contributed by atoms with Gasteiger partial charge in [0.15, 0.2) is 0 Å². The second-order valence-corrected chi connectivity index (χ2v) is 6.50. The van der Waals surface area contributed by atoms with Crippen LogP contribution in [-0.4, -0.2) is 7.11 Å². The SMILES string of the molecule is COc1ccc(CSC(Br)c2ccccc2)cc1. The quantitative estimate of drug-likeness (QED) is 0.714. The lowest BCUT2D eigenvalue weighted by molar-refractivity contribution is 0.414. The molecule has 0 heterocycles. The van der Waals surface area contributed by atoms with Crippen LogP contribution in [0.2, 0.25) is 0 Å². The molecule has 0 aliphatic heterocycles. The maximum absolute atomic E-state index is 5.15. The molecule has 1 unspecified atom stereocenters. The average molecular weight is 323 g/mol. The van der Waals surface area contributed by atoms with Crippen molar-refractivity contribution in [2.24, 2.45) is 0 Å². The lowest BCUT2D eigenvalue weighted by atomic mass is 10.2. The number of methoxy groups -OCH3 is 1. The lowest BCUT2D eigenvalue weighted by Gasteiger charge is -2.10. The fraction of sp³-hybridized carbons (Fsp3) is 0.200. The van der Waals surface area contributed by atoms with E-state index in [1.807, 2.05) is 30.0 Å². The molecule has 0 N–H and O–H groups in total. The summed E-state index contributed by atoms with van der Waals surface area (Å²) in [4.78, 5) is 0. The van der Waals surface area contributed by atoms with Gasteiger partial charge in [0.25, 0.3) is 0 Å². The zero-order valence-corrected chi connectivity index (χ0v) is 12.6. The normalized spacial score (nSPS) is 12.1. The predicted octanol–water partition coefficient (Wildman–Crippen LogP) is 5.02. The Morgan fingerprint density at radius 3 is 2.33 bits per heavy atom. The van der Waals surface area contributed by atoms with Crippen LogP contribution in [0, 0.1) is 0 Å². The molecule has 18 heavy (non-hydrogen) atoms. The number of benzene rings is 2. The molecule has 0 aliphatic rings. The standard InChI is InChI=1S/C15H15BrOS/c1-17-14-9-7-12(8-10-14)11-18-15(16)13-5-3-2-4-6-13/h2-10,15H,11H2,1H3. The molecule has 0 spiro atoms. The largest absolute Gasteiger partial charge is 0.497 e. The van der Waals surface area contributed by atoms with Crippen molar-refractivity contribution in [3.05, 3.63) is 65.7 Å². The smallest absolute Gasteiger partial charge is 0.118 e. The summed E-state index contributed by atoms with van der Waals surface area (Å²) in [5.74, 6) is 1.89. The second kappa shape index (κ2) is 6.86. The molecule has 3 heteroatoms. The van der Waals surface area contributed by atoms with Crippen LogP contribution in [0.15, 0.2) is 54.6 Å². The number of alkyl halides is 1. The number of halogens is 1. The van der Waals surface area contributed by atoms with E-state index in [0.717, 1.165) is 11.5 Å². The van der Waals surface area contributed by atoms with Crippen molar-refractivity contribution in [3.8, 4) is 5.75 Å². The highest BCUT2D eigenvalue weighted by atomic mass is 79.9. The first-order valence-corrected chi connectivity index (χ1v) is 7.69. The Morgan fingerprint density at radius 1 is 1.06 bits per heavy atom. The Hall–Kier alpha value is -0.930. The molecular formula is C15H15BrOS. The molecule has 0 fully saturated rings. The third-order valence-electron chi connectivity index (χ3n) is 2.62. The molecule has 0 aliphatic carbocycles. The molecule has 1 nitrogen and oxygen atoms in total. The van der Waals surface area contributed by atoms with Gasteiger partial charge < -0.3 is 4.74 Å². The van der Waals surface area contributed by atoms with E-state index in [2.05, 4.69) is 52.3 Å². The van der Waals surface area contributed by atoms with Crippen LogP contribution in [0.4, 0.5) is 0 Å². The van der Waals surface area contributed by atoms with Gasteiger partial charge in [-0.05, 0) is 23.3 Å². The van der Waals surface area contributed by atoms with Crippen LogP contribution in [-0.2, 0) is 5.75 Å². The highest BCUT2D eigenvalue weighted by Gasteiger charge is 2.07. The number of thioether (sulfide) groups is 1. The number of ether oxygens (including phenoxy) is 1. The monoisotopic (exact) mass is 322 g/mol. The molecule has 0 aromatic heterocycles. The number of hydrogen-bond acceptors (Lipinski definition) is 2. The van der Waals surface area contributed by atoms with Gasteiger partial charge in [0.1, 0.15) is 5.75 Å². The fourth-order valence-electron chi connectivity index (χ4n) is 1.59. The molecule has 2 aromatic rings. The Kier molecular flexibility index (Phi) is 5.14. The van der Waals surface area contributed by atoms with E-state index in [4.69, 9.17) is 4.74 Å². The average Bonchev–Trinajstić information content (AvgIpc) is 2.46. The van der Waals surface area contributed by atoms with Crippen molar-refractivity contribution in [1.82, 2.24) is 0 Å². The van der Waals surface area contributed by atoms with Gasteiger partial charge in [0.05, 0.1) is 11.3 Å². The Morgan fingerprint density at radius 2 is 1.72 bits per heavy atom. The summed E-state index contributed by atoms with van der Waals surface area (Å²) in [6.07, 6.45) is 0. The zero-order chi connectivity index (χ0) is 12.8. The number of rotatable bonds is 5. The maximum Gasteiger partial charge on any atom is 0.118 e. The van der Waals surface area contributed by atoms with E-state index in [1.54, 1.807) is 7.11 Å². The van der Waals surface area contributed by atoms with Crippen LogP contribution in [0.5, 0.6) is 5.75 Å². The van der Waals surface area contributed by atoms with Gasteiger partial charge in [0.2, 0.25) is 0 Å². The minimum Gasteiger partial charge on any atom is -0.497 e. The molecule has 2 rings (SSSR count). The van der Waals surface area contributed by atoms with Crippen LogP contribution < -0.4 is 4.74 Å². The first-order chi connectivity index (χ1) is 8.79. The molecule has 0 amide bonds. The molecule has 1 atom stereocenters. The molecule has 0 saturated heterocycles. The summed E-state index contributed by atoms with van der Waals surface area (Å²) >= 11 is 5.58. The predicted molar refractivity (Wildman–Crippen MR) is 82.4 cm³/mol. The molecule has 0 bridgehead atoms. The van der Waals surface area contributed by atoms with Crippen molar-refractivity contribution in [2.45, 2.75) is 9.91 Å². The van der Waals surface area contributed by atoms with Gasteiger partial charge in [-0.3, -0.25) is 0 Å². The van der Waals surface area contributed by atoms with Gasteiger partial charge in [0, 0.05) is 5.75 Å². The van der Waals surface area contributed by atoms with E-state index in [9.17, 15) is 0 Å². The minimum absolute atomic E-state index is 0.334. The van der Waals surface area contributed by atoms with Gasteiger partial charge >= 0.3 is 0 Å². The van der Waals surface area contributed by atoms with Gasteiger partial charge in [-0.2, -0.15) is 0 Å². The molecule has 0 radical (unpaired) electrons. The summed E-state index contributed by atoms with van der Waals surface area (Å²) < 4.78 is 5.48. The van der Waals surface area contributed by atoms with Crippen molar-refractivity contribution in [3.63, 3.8) is 0 Å². The third-order valence-corrected chi connectivity index (χ3v) is 5.00. The molecular weight excluding hydrogens is 308 g/mol. The van der Waals surface area contributed by atoms with Crippen molar-refractivity contribution in [2.75, 3.05) is 7.11 Å². The lowest BCUT2D eigenvalue weighted by Crippen LogP contribution is -1.87. The van der Waals surface area contributed by atoms with Crippen molar-refractivity contribution >= 4 is 27.7 Å². The zero-order valence-electron chi connectivity index (χ0n) is 10.2. The molecule has 2 aromatic carbocycles. The van der Waals surface area contributed by atoms with Crippen LogP contribution in [0.3, 0.4) is 0 Å². The summed E-state index contributed by atoms with van der Waals surface area (Å²) in [6.45, 7) is 0. The number of hydrogen-bond donors (Lipinski definition) is 0.